The van der Waals surface area contributed by atoms with Gasteiger partial charge in [0, 0.05) is 24.2 Å². The Kier molecular flexibility index (Phi) is 2.70. The van der Waals surface area contributed by atoms with Gasteiger partial charge in [-0.1, -0.05) is 30.3 Å². The maximum absolute atomic E-state index is 11.2. The van der Waals surface area contributed by atoms with Crippen LogP contribution in [0, 0.1) is 0 Å². The Hall–Kier alpha value is -1.75. The van der Waals surface area contributed by atoms with Crippen molar-refractivity contribution in [2.45, 2.75) is 4.90 Å². The van der Waals surface area contributed by atoms with Crippen LogP contribution in [0.4, 0.5) is 0 Å². The molecule has 2 aromatic rings. The predicted molar refractivity (Wildman–Crippen MR) is 60.6 cm³/mol. The molecule has 0 aliphatic carbocycles. The van der Waals surface area contributed by atoms with Gasteiger partial charge in [-0.2, -0.15) is 0 Å². The van der Waals surface area contributed by atoms with Gasteiger partial charge in [0.25, 0.3) is 0 Å². The highest BCUT2D eigenvalue weighted by Gasteiger charge is 2.08. The van der Waals surface area contributed by atoms with Gasteiger partial charge in [-0.15, -0.1) is 0 Å². The van der Waals surface area contributed by atoms with Crippen LogP contribution < -0.4 is 0 Å². The van der Waals surface area contributed by atoms with Crippen molar-refractivity contribution >= 4 is 9.84 Å². The van der Waals surface area contributed by atoms with E-state index in [2.05, 4.69) is 9.97 Å². The van der Waals surface area contributed by atoms with Crippen LogP contribution in [-0.2, 0) is 9.84 Å². The molecule has 0 N–H and O–H groups in total. The maximum atomic E-state index is 11.2. The van der Waals surface area contributed by atoms with E-state index >= 15 is 0 Å². The molecule has 0 fully saturated rings. The summed E-state index contributed by atoms with van der Waals surface area (Å²) in [5.74, 6) is 0.521. The average molecular weight is 234 g/mol. The third-order valence-corrected chi connectivity index (χ3v) is 3.16. The second kappa shape index (κ2) is 4.02. The number of benzene rings is 1. The van der Waals surface area contributed by atoms with E-state index in [0.717, 1.165) is 11.8 Å². The van der Waals surface area contributed by atoms with E-state index in [-0.39, 0.29) is 4.90 Å². The van der Waals surface area contributed by atoms with Crippen LogP contribution in [0.3, 0.4) is 0 Å². The summed E-state index contributed by atoms with van der Waals surface area (Å²) >= 11 is 0. The second-order valence-corrected chi connectivity index (χ2v) is 5.40. The Bertz CT molecular complexity index is 577. The molecule has 0 aliphatic heterocycles. The lowest BCUT2D eigenvalue weighted by Gasteiger charge is -2.00. The van der Waals surface area contributed by atoms with Crippen LogP contribution in [0.5, 0.6) is 0 Å². The molecule has 16 heavy (non-hydrogen) atoms. The average Bonchev–Trinajstić information content (AvgIpc) is 2.29. The van der Waals surface area contributed by atoms with E-state index in [1.165, 1.54) is 12.4 Å². The first-order valence-corrected chi connectivity index (χ1v) is 6.54. The van der Waals surface area contributed by atoms with E-state index < -0.39 is 9.84 Å². The Morgan fingerprint density at radius 2 is 1.56 bits per heavy atom. The smallest absolute Gasteiger partial charge is 0.178 e. The van der Waals surface area contributed by atoms with Crippen molar-refractivity contribution in [3.63, 3.8) is 0 Å². The normalized spacial score (nSPS) is 11.3. The molecule has 0 aliphatic rings. The van der Waals surface area contributed by atoms with Gasteiger partial charge in [0.05, 0.1) is 0 Å². The van der Waals surface area contributed by atoms with Gasteiger partial charge in [0.2, 0.25) is 0 Å². The number of hydrogen-bond acceptors (Lipinski definition) is 4. The summed E-state index contributed by atoms with van der Waals surface area (Å²) in [7, 11) is -3.23. The van der Waals surface area contributed by atoms with Crippen molar-refractivity contribution in [1.82, 2.24) is 9.97 Å². The summed E-state index contributed by atoms with van der Waals surface area (Å²) < 4.78 is 22.4. The molecule has 0 spiro atoms. The third-order valence-electron chi connectivity index (χ3n) is 2.09. The SMILES string of the molecule is CS(=O)(=O)c1cnc(-c2ccccc2)nc1. The van der Waals surface area contributed by atoms with Crippen molar-refractivity contribution in [1.29, 1.82) is 0 Å². The Balaban J connectivity index is 2.41. The number of rotatable bonds is 2. The van der Waals surface area contributed by atoms with Gasteiger partial charge >= 0.3 is 0 Å². The number of aromatic nitrogens is 2. The molecule has 0 bridgehead atoms. The first-order chi connectivity index (χ1) is 7.57. The summed E-state index contributed by atoms with van der Waals surface area (Å²) in [6.45, 7) is 0. The summed E-state index contributed by atoms with van der Waals surface area (Å²) in [5.41, 5.74) is 0.863. The van der Waals surface area contributed by atoms with Gasteiger partial charge in [-0.3, -0.25) is 0 Å². The van der Waals surface area contributed by atoms with E-state index in [1.807, 2.05) is 30.3 Å². The van der Waals surface area contributed by atoms with Gasteiger partial charge in [0.15, 0.2) is 15.7 Å². The fraction of sp³-hybridized carbons (Fsp3) is 0.0909. The molecule has 4 nitrogen and oxygen atoms in total. The minimum atomic E-state index is -3.23. The van der Waals surface area contributed by atoms with Gasteiger partial charge < -0.3 is 0 Å². The quantitative estimate of drug-likeness (QED) is 0.791. The van der Waals surface area contributed by atoms with E-state index in [9.17, 15) is 8.42 Å². The molecule has 1 aromatic carbocycles. The van der Waals surface area contributed by atoms with Crippen LogP contribution in [0.2, 0.25) is 0 Å². The zero-order valence-electron chi connectivity index (χ0n) is 8.66. The number of nitrogens with zero attached hydrogens (tertiary/aromatic N) is 2. The van der Waals surface area contributed by atoms with Crippen LogP contribution in [0.1, 0.15) is 0 Å². The molecular weight excluding hydrogens is 224 g/mol. The molecule has 0 radical (unpaired) electrons. The molecule has 2 rings (SSSR count). The molecule has 0 unspecified atom stereocenters. The highest BCUT2D eigenvalue weighted by Crippen LogP contribution is 2.14. The Labute approximate surface area is 93.9 Å². The molecule has 1 aromatic heterocycles. The highest BCUT2D eigenvalue weighted by molar-refractivity contribution is 7.90. The molecule has 1 heterocycles. The Morgan fingerprint density at radius 1 is 1.00 bits per heavy atom. The molecule has 82 valence electrons. The minimum Gasteiger partial charge on any atom is -0.235 e. The monoisotopic (exact) mass is 234 g/mol. The minimum absolute atomic E-state index is 0.132. The van der Waals surface area contributed by atoms with Crippen molar-refractivity contribution in [2.75, 3.05) is 6.26 Å². The topological polar surface area (TPSA) is 59.9 Å². The summed E-state index contributed by atoms with van der Waals surface area (Å²) in [6.07, 6.45) is 3.78. The third kappa shape index (κ3) is 2.25. The summed E-state index contributed by atoms with van der Waals surface area (Å²) in [4.78, 5) is 8.18. The zero-order chi connectivity index (χ0) is 11.6. The molecule has 0 saturated heterocycles. The maximum Gasteiger partial charge on any atom is 0.178 e. The molecule has 5 heteroatoms. The molecular formula is C11H10N2O2S. The molecule has 0 atom stereocenters. The molecule has 0 amide bonds. The first-order valence-electron chi connectivity index (χ1n) is 4.65. The van der Waals surface area contributed by atoms with E-state index in [4.69, 9.17) is 0 Å². The number of hydrogen-bond donors (Lipinski definition) is 0. The fourth-order valence-electron chi connectivity index (χ4n) is 1.24. The predicted octanol–water partition coefficient (Wildman–Crippen LogP) is 1.55. The summed E-state index contributed by atoms with van der Waals surface area (Å²) in [6, 6.07) is 9.39. The summed E-state index contributed by atoms with van der Waals surface area (Å²) in [5, 5.41) is 0. The van der Waals surface area contributed by atoms with Gasteiger partial charge in [-0.05, 0) is 0 Å². The standard InChI is InChI=1S/C11H10N2O2S/c1-16(14,15)10-7-12-11(13-8-10)9-5-3-2-4-6-9/h2-8H,1H3. The second-order valence-electron chi connectivity index (χ2n) is 3.38. The van der Waals surface area contributed by atoms with Gasteiger partial charge in [-0.25, -0.2) is 18.4 Å². The van der Waals surface area contributed by atoms with Gasteiger partial charge in [0.1, 0.15) is 4.90 Å². The lowest BCUT2D eigenvalue weighted by molar-refractivity contribution is 0.601. The lowest BCUT2D eigenvalue weighted by atomic mass is 10.2. The highest BCUT2D eigenvalue weighted by atomic mass is 32.2. The van der Waals surface area contributed by atoms with E-state index in [1.54, 1.807) is 0 Å². The van der Waals surface area contributed by atoms with Crippen molar-refractivity contribution in [3.05, 3.63) is 42.7 Å². The van der Waals surface area contributed by atoms with Crippen LogP contribution >= 0.6 is 0 Å². The fourth-order valence-corrected chi connectivity index (χ4v) is 1.73. The zero-order valence-corrected chi connectivity index (χ0v) is 9.48. The van der Waals surface area contributed by atoms with Crippen LogP contribution in [-0.4, -0.2) is 24.6 Å². The molecule has 0 saturated carbocycles. The van der Waals surface area contributed by atoms with Crippen molar-refractivity contribution in [2.24, 2.45) is 0 Å². The first kappa shape index (κ1) is 10.8. The lowest BCUT2D eigenvalue weighted by Crippen LogP contribution is -1.99. The number of sulfone groups is 1. The Morgan fingerprint density at radius 3 is 2.06 bits per heavy atom. The van der Waals surface area contributed by atoms with Crippen LogP contribution in [0.15, 0.2) is 47.6 Å². The van der Waals surface area contributed by atoms with Crippen molar-refractivity contribution in [3.8, 4) is 11.4 Å². The van der Waals surface area contributed by atoms with Crippen molar-refractivity contribution < 1.29 is 8.42 Å². The van der Waals surface area contributed by atoms with Crippen LogP contribution in [0.25, 0.3) is 11.4 Å². The largest absolute Gasteiger partial charge is 0.235 e. The van der Waals surface area contributed by atoms with E-state index in [0.29, 0.717) is 5.82 Å².